The van der Waals surface area contributed by atoms with E-state index in [2.05, 4.69) is 20.6 Å². The van der Waals surface area contributed by atoms with Gasteiger partial charge in [-0.3, -0.25) is 14.6 Å². The third kappa shape index (κ3) is 6.41. The van der Waals surface area contributed by atoms with E-state index in [1.165, 1.54) is 18.6 Å². The summed E-state index contributed by atoms with van der Waals surface area (Å²) in [5, 5.41) is 5.50. The van der Waals surface area contributed by atoms with Gasteiger partial charge in [-0.1, -0.05) is 43.7 Å². The van der Waals surface area contributed by atoms with Gasteiger partial charge in [-0.05, 0) is 36.2 Å². The molecule has 1 atom stereocenters. The summed E-state index contributed by atoms with van der Waals surface area (Å²) in [6, 6.07) is 16.1. The quantitative estimate of drug-likeness (QED) is 0.567. The first-order valence-corrected chi connectivity index (χ1v) is 9.82. The minimum absolute atomic E-state index is 0.143. The molecule has 7 nitrogen and oxygen atoms in total. The van der Waals surface area contributed by atoms with Crippen LogP contribution < -0.4 is 15.4 Å². The van der Waals surface area contributed by atoms with Crippen LogP contribution in [0.5, 0.6) is 11.5 Å². The Kier molecular flexibility index (Phi) is 7.49. The predicted molar refractivity (Wildman–Crippen MR) is 114 cm³/mol. The van der Waals surface area contributed by atoms with Crippen LogP contribution in [0.1, 0.15) is 25.3 Å². The lowest BCUT2D eigenvalue weighted by Gasteiger charge is -2.17. The van der Waals surface area contributed by atoms with Crippen molar-refractivity contribution < 1.29 is 14.3 Å². The number of nitrogens with one attached hydrogen (secondary N) is 2. The molecule has 30 heavy (non-hydrogen) atoms. The second-order valence-electron chi connectivity index (χ2n) is 6.73. The molecule has 0 radical (unpaired) electrons. The molecule has 1 aromatic heterocycles. The van der Waals surface area contributed by atoms with E-state index >= 15 is 0 Å². The highest BCUT2D eigenvalue weighted by atomic mass is 16.5. The second kappa shape index (κ2) is 10.7. The summed E-state index contributed by atoms with van der Waals surface area (Å²) in [6.45, 7) is 1.96. The number of carbonyl (C=O) groups excluding carboxylic acids is 2. The molecule has 0 spiro atoms. The Morgan fingerprint density at radius 2 is 1.83 bits per heavy atom. The fraction of sp³-hybridized carbons (Fsp3) is 0.217. The maximum absolute atomic E-state index is 12.6. The number of hydrogen-bond donors (Lipinski definition) is 2. The van der Waals surface area contributed by atoms with Crippen molar-refractivity contribution in [2.45, 2.75) is 32.2 Å². The molecule has 0 saturated carbocycles. The molecule has 0 aliphatic rings. The fourth-order valence-corrected chi connectivity index (χ4v) is 2.91. The van der Waals surface area contributed by atoms with Gasteiger partial charge in [0, 0.05) is 12.4 Å². The number of ether oxygens (including phenoxy) is 1. The van der Waals surface area contributed by atoms with Gasteiger partial charge in [-0.2, -0.15) is 0 Å². The maximum atomic E-state index is 12.6. The van der Waals surface area contributed by atoms with Crippen molar-refractivity contribution in [2.75, 3.05) is 5.32 Å². The lowest BCUT2D eigenvalue weighted by atomic mass is 10.1. The van der Waals surface area contributed by atoms with Gasteiger partial charge < -0.3 is 15.4 Å². The first-order valence-electron chi connectivity index (χ1n) is 9.82. The lowest BCUT2D eigenvalue weighted by molar-refractivity contribution is -0.126. The molecule has 2 N–H and O–H groups in total. The molecule has 0 aliphatic heterocycles. The van der Waals surface area contributed by atoms with Crippen LogP contribution in [0.25, 0.3) is 0 Å². The van der Waals surface area contributed by atoms with E-state index < -0.39 is 6.04 Å². The van der Waals surface area contributed by atoms with Gasteiger partial charge in [0.15, 0.2) is 5.82 Å². The van der Waals surface area contributed by atoms with Crippen molar-refractivity contribution in [3.63, 3.8) is 0 Å². The van der Waals surface area contributed by atoms with Crippen LogP contribution in [0.15, 0.2) is 73.2 Å². The number of benzene rings is 2. The second-order valence-corrected chi connectivity index (χ2v) is 6.73. The average molecular weight is 404 g/mol. The Morgan fingerprint density at radius 1 is 1.03 bits per heavy atom. The molecular formula is C23H24N4O3. The van der Waals surface area contributed by atoms with Crippen molar-refractivity contribution in [1.82, 2.24) is 15.3 Å². The van der Waals surface area contributed by atoms with Crippen molar-refractivity contribution in [3.8, 4) is 11.5 Å². The summed E-state index contributed by atoms with van der Waals surface area (Å²) in [5.41, 5.74) is 0.797. The molecule has 2 aromatic carbocycles. The van der Waals surface area contributed by atoms with Gasteiger partial charge in [-0.15, -0.1) is 0 Å². The van der Waals surface area contributed by atoms with Crippen LogP contribution in [0.2, 0.25) is 0 Å². The van der Waals surface area contributed by atoms with E-state index in [0.717, 1.165) is 17.7 Å². The molecular weight excluding hydrogens is 380 g/mol. The molecule has 0 bridgehead atoms. The zero-order chi connectivity index (χ0) is 21.2. The Hall–Kier alpha value is -3.74. The summed E-state index contributed by atoms with van der Waals surface area (Å²) < 4.78 is 5.82. The van der Waals surface area contributed by atoms with Crippen LogP contribution in [0.3, 0.4) is 0 Å². The molecule has 0 aliphatic carbocycles. The normalized spacial score (nSPS) is 11.4. The maximum Gasteiger partial charge on any atom is 0.248 e. The van der Waals surface area contributed by atoms with Gasteiger partial charge in [0.1, 0.15) is 17.5 Å². The minimum atomic E-state index is -0.645. The molecule has 1 heterocycles. The van der Waals surface area contributed by atoms with Crippen molar-refractivity contribution in [1.29, 1.82) is 0 Å². The van der Waals surface area contributed by atoms with E-state index in [4.69, 9.17) is 4.74 Å². The van der Waals surface area contributed by atoms with E-state index in [0.29, 0.717) is 18.0 Å². The number of rotatable bonds is 9. The molecule has 7 heteroatoms. The topological polar surface area (TPSA) is 93.2 Å². The molecule has 0 saturated heterocycles. The monoisotopic (exact) mass is 404 g/mol. The van der Waals surface area contributed by atoms with Gasteiger partial charge in [0.25, 0.3) is 0 Å². The third-order valence-corrected chi connectivity index (χ3v) is 4.29. The third-order valence-electron chi connectivity index (χ3n) is 4.29. The summed E-state index contributed by atoms with van der Waals surface area (Å²) in [7, 11) is 0. The molecule has 3 aromatic rings. The number of hydrogen-bond acceptors (Lipinski definition) is 5. The zero-order valence-electron chi connectivity index (χ0n) is 16.7. The number of carbonyl (C=O) groups is 2. The van der Waals surface area contributed by atoms with Gasteiger partial charge in [-0.25, -0.2) is 4.98 Å². The summed E-state index contributed by atoms with van der Waals surface area (Å²) in [4.78, 5) is 33.1. The van der Waals surface area contributed by atoms with Gasteiger partial charge >= 0.3 is 0 Å². The predicted octanol–water partition coefficient (Wildman–Crippen LogP) is 3.74. The van der Waals surface area contributed by atoms with E-state index in [-0.39, 0.29) is 18.2 Å². The van der Waals surface area contributed by atoms with Crippen LogP contribution in [0.4, 0.5) is 5.82 Å². The SMILES string of the molecule is CCCC(NC(=O)Cc1cccc(Oc2ccccc2)c1)C(=O)Nc1cnccn1. The average Bonchev–Trinajstić information content (AvgIpc) is 2.75. The number of anilines is 1. The van der Waals surface area contributed by atoms with Crippen LogP contribution in [0, 0.1) is 0 Å². The molecule has 154 valence electrons. The lowest BCUT2D eigenvalue weighted by Crippen LogP contribution is -2.44. The van der Waals surface area contributed by atoms with Crippen molar-refractivity contribution in [2.24, 2.45) is 0 Å². The first-order chi connectivity index (χ1) is 14.6. The highest BCUT2D eigenvalue weighted by molar-refractivity contribution is 5.96. The van der Waals surface area contributed by atoms with Gasteiger partial charge in [0.2, 0.25) is 11.8 Å². The Morgan fingerprint density at radius 3 is 2.57 bits per heavy atom. The summed E-state index contributed by atoms with van der Waals surface area (Å²) in [5.74, 6) is 1.18. The molecule has 2 amide bonds. The Balaban J connectivity index is 1.60. The standard InChI is InChI=1S/C23H24N4O3/c1-2-7-20(23(29)27-21-16-24-12-13-25-21)26-22(28)15-17-8-6-11-19(14-17)30-18-9-4-3-5-10-18/h3-6,8-14,16,20H,2,7,15H2,1H3,(H,26,28)(H,25,27,29). The Bertz CT molecular complexity index is 964. The van der Waals surface area contributed by atoms with Crippen LogP contribution >= 0.6 is 0 Å². The highest BCUT2D eigenvalue weighted by Crippen LogP contribution is 2.22. The zero-order valence-corrected chi connectivity index (χ0v) is 16.7. The number of amides is 2. The van der Waals surface area contributed by atoms with Crippen molar-refractivity contribution >= 4 is 17.6 Å². The Labute approximate surface area is 175 Å². The number of nitrogens with zero attached hydrogens (tertiary/aromatic N) is 2. The number of aromatic nitrogens is 2. The van der Waals surface area contributed by atoms with Crippen LogP contribution in [-0.4, -0.2) is 27.8 Å². The number of para-hydroxylation sites is 1. The highest BCUT2D eigenvalue weighted by Gasteiger charge is 2.20. The van der Waals surface area contributed by atoms with Gasteiger partial charge in [0.05, 0.1) is 12.6 Å². The largest absolute Gasteiger partial charge is 0.457 e. The molecule has 1 unspecified atom stereocenters. The summed E-state index contributed by atoms with van der Waals surface area (Å²) in [6.07, 6.45) is 5.89. The smallest absolute Gasteiger partial charge is 0.248 e. The van der Waals surface area contributed by atoms with Crippen molar-refractivity contribution in [3.05, 3.63) is 78.8 Å². The van der Waals surface area contributed by atoms with E-state index in [1.54, 1.807) is 0 Å². The van der Waals surface area contributed by atoms with E-state index in [1.807, 2.05) is 61.5 Å². The van der Waals surface area contributed by atoms with Crippen LogP contribution in [-0.2, 0) is 16.0 Å². The summed E-state index contributed by atoms with van der Waals surface area (Å²) >= 11 is 0. The molecule has 0 fully saturated rings. The first kappa shape index (κ1) is 21.0. The minimum Gasteiger partial charge on any atom is -0.457 e. The fourth-order valence-electron chi connectivity index (χ4n) is 2.91. The van der Waals surface area contributed by atoms with E-state index in [9.17, 15) is 9.59 Å². The molecule has 3 rings (SSSR count).